The van der Waals surface area contributed by atoms with E-state index in [9.17, 15) is 14.9 Å². The summed E-state index contributed by atoms with van der Waals surface area (Å²) in [5, 5.41) is 13.1. The van der Waals surface area contributed by atoms with Crippen LogP contribution in [0.25, 0.3) is 21.5 Å². The Labute approximate surface area is 207 Å². The number of likely N-dealkylation sites (tertiary alicyclic amines) is 1. The van der Waals surface area contributed by atoms with E-state index in [1.807, 2.05) is 18.2 Å². The van der Waals surface area contributed by atoms with Gasteiger partial charge in [0.05, 0.1) is 45.9 Å². The summed E-state index contributed by atoms with van der Waals surface area (Å²) in [6.45, 7) is 8.21. The van der Waals surface area contributed by atoms with E-state index < -0.39 is 0 Å². The van der Waals surface area contributed by atoms with Crippen molar-refractivity contribution >= 4 is 33.4 Å². The lowest BCUT2D eigenvalue weighted by Gasteiger charge is -2.34. The van der Waals surface area contributed by atoms with E-state index in [0.717, 1.165) is 63.7 Å². The number of amides is 2. The van der Waals surface area contributed by atoms with Gasteiger partial charge in [-0.05, 0) is 49.6 Å². The second-order valence-electron chi connectivity index (χ2n) is 9.82. The maximum atomic E-state index is 12.5. The first-order valence-electron chi connectivity index (χ1n) is 12.0. The number of aryl methyl sites for hydroxylation is 1. The van der Waals surface area contributed by atoms with Crippen LogP contribution in [0.4, 0.5) is 0 Å². The first kappa shape index (κ1) is 22.3. The van der Waals surface area contributed by atoms with Crippen LogP contribution in [0.3, 0.4) is 0 Å². The van der Waals surface area contributed by atoms with Crippen molar-refractivity contribution in [2.24, 2.45) is 11.8 Å². The van der Waals surface area contributed by atoms with Crippen LogP contribution in [0, 0.1) is 30.1 Å². The maximum Gasteiger partial charge on any atom is 0.233 e. The number of nitriles is 1. The van der Waals surface area contributed by atoms with Crippen LogP contribution in [-0.2, 0) is 22.7 Å². The van der Waals surface area contributed by atoms with Crippen LogP contribution in [0.5, 0.6) is 0 Å². The van der Waals surface area contributed by atoms with Gasteiger partial charge in [0.2, 0.25) is 11.8 Å². The maximum absolute atomic E-state index is 12.5. The van der Waals surface area contributed by atoms with E-state index >= 15 is 0 Å². The van der Waals surface area contributed by atoms with E-state index in [4.69, 9.17) is 0 Å². The van der Waals surface area contributed by atoms with Gasteiger partial charge in [-0.15, -0.1) is 11.3 Å². The molecule has 3 unspecified atom stereocenters. The normalized spacial score (nSPS) is 24.1. The number of aromatic nitrogens is 2. The van der Waals surface area contributed by atoms with E-state index in [1.54, 1.807) is 6.33 Å². The highest BCUT2D eigenvalue weighted by Gasteiger charge is 2.58. The number of thiophene rings is 1. The number of hydrogen-bond acceptors (Lipinski definition) is 8. The molecule has 3 aliphatic rings. The number of piperazine rings is 1. The van der Waals surface area contributed by atoms with E-state index in [-0.39, 0.29) is 30.2 Å². The largest absolute Gasteiger partial charge is 0.314 e. The van der Waals surface area contributed by atoms with Gasteiger partial charge in [0, 0.05) is 42.7 Å². The number of nitrogens with one attached hydrogen (secondary N) is 1. The van der Waals surface area contributed by atoms with Gasteiger partial charge >= 0.3 is 0 Å². The number of fused-ring (bicyclic) bond motifs is 2. The average Bonchev–Trinajstić information content (AvgIpc) is 3.49. The Morgan fingerprint density at radius 3 is 2.71 bits per heavy atom. The van der Waals surface area contributed by atoms with Gasteiger partial charge in [0.25, 0.3) is 0 Å². The fourth-order valence-electron chi connectivity index (χ4n) is 5.36. The first-order valence-corrected chi connectivity index (χ1v) is 12.8. The molecule has 0 spiro atoms. The molecule has 9 heteroatoms. The highest BCUT2D eigenvalue weighted by atomic mass is 32.1. The van der Waals surface area contributed by atoms with Gasteiger partial charge in [0.1, 0.15) is 6.33 Å². The molecule has 2 amide bonds. The van der Waals surface area contributed by atoms with Crippen LogP contribution in [0.1, 0.15) is 34.9 Å². The van der Waals surface area contributed by atoms with Crippen molar-refractivity contribution in [1.29, 1.82) is 5.26 Å². The SMILES string of the molecule is Cc1cc(C#N)cc(-c2ncnc3cc(CN4C(=O)C5CC5C4=O)sc23)c1CN1CCNCC1C. The minimum atomic E-state index is -0.0983. The molecule has 1 saturated carbocycles. The first-order chi connectivity index (χ1) is 16.9. The summed E-state index contributed by atoms with van der Waals surface area (Å²) in [5.74, 6) is -0.292. The molecule has 2 aromatic heterocycles. The van der Waals surface area contributed by atoms with Gasteiger partial charge in [-0.3, -0.25) is 19.4 Å². The van der Waals surface area contributed by atoms with Gasteiger partial charge in [-0.2, -0.15) is 5.26 Å². The van der Waals surface area contributed by atoms with Crippen LogP contribution < -0.4 is 5.32 Å². The fraction of sp³-hybridized carbons (Fsp3) is 0.423. The van der Waals surface area contributed by atoms with Crippen LogP contribution in [-0.4, -0.2) is 57.3 Å². The summed E-state index contributed by atoms with van der Waals surface area (Å²) in [5.41, 5.74) is 5.37. The molecular formula is C26H26N6O2S. The molecule has 35 heavy (non-hydrogen) atoms. The molecule has 1 aliphatic carbocycles. The highest BCUT2D eigenvalue weighted by molar-refractivity contribution is 7.19. The molecule has 178 valence electrons. The van der Waals surface area contributed by atoms with Gasteiger partial charge < -0.3 is 5.32 Å². The summed E-state index contributed by atoms with van der Waals surface area (Å²) >= 11 is 1.52. The molecule has 3 aromatic rings. The van der Waals surface area contributed by atoms with Crippen LogP contribution in [0.2, 0.25) is 0 Å². The average molecular weight is 487 g/mol. The molecule has 1 aromatic carbocycles. The lowest BCUT2D eigenvalue weighted by molar-refractivity contribution is -0.141. The van der Waals surface area contributed by atoms with Gasteiger partial charge in [-0.1, -0.05) is 0 Å². The van der Waals surface area contributed by atoms with Crippen molar-refractivity contribution in [2.75, 3.05) is 19.6 Å². The Morgan fingerprint density at radius 1 is 1.17 bits per heavy atom. The zero-order chi connectivity index (χ0) is 24.3. The highest BCUT2D eigenvalue weighted by Crippen LogP contribution is 2.48. The molecule has 2 saturated heterocycles. The number of carbonyl (C=O) groups excluding carboxylic acids is 2. The quantitative estimate of drug-likeness (QED) is 0.553. The molecular weight excluding hydrogens is 460 g/mol. The summed E-state index contributed by atoms with van der Waals surface area (Å²) in [7, 11) is 0. The van der Waals surface area contributed by atoms with Crippen molar-refractivity contribution in [3.05, 3.63) is 46.1 Å². The smallest absolute Gasteiger partial charge is 0.233 e. The zero-order valence-corrected chi connectivity index (χ0v) is 20.6. The van der Waals surface area contributed by atoms with Gasteiger partial charge in [0.15, 0.2) is 0 Å². The summed E-state index contributed by atoms with van der Waals surface area (Å²) < 4.78 is 0.913. The zero-order valence-electron chi connectivity index (χ0n) is 19.7. The number of rotatable bonds is 5. The lowest BCUT2D eigenvalue weighted by Crippen LogP contribution is -2.49. The molecule has 8 nitrogen and oxygen atoms in total. The van der Waals surface area contributed by atoms with Crippen molar-refractivity contribution in [3.63, 3.8) is 0 Å². The van der Waals surface area contributed by atoms with Crippen molar-refractivity contribution in [2.45, 2.75) is 39.4 Å². The lowest BCUT2D eigenvalue weighted by atomic mass is 9.95. The summed E-state index contributed by atoms with van der Waals surface area (Å²) in [4.78, 5) is 38.9. The third-order valence-electron chi connectivity index (χ3n) is 7.49. The van der Waals surface area contributed by atoms with Crippen LogP contribution in [0.15, 0.2) is 24.5 Å². The predicted octanol–water partition coefficient (Wildman–Crippen LogP) is 2.84. The Hall–Kier alpha value is -3.19. The fourth-order valence-corrected chi connectivity index (χ4v) is 6.46. The van der Waals surface area contributed by atoms with Gasteiger partial charge in [-0.25, -0.2) is 9.97 Å². The van der Waals surface area contributed by atoms with E-state index in [0.29, 0.717) is 18.0 Å². The van der Waals surface area contributed by atoms with E-state index in [1.165, 1.54) is 16.2 Å². The minimum absolute atomic E-state index is 0.0477. The molecule has 3 atom stereocenters. The minimum Gasteiger partial charge on any atom is -0.314 e. The molecule has 2 aliphatic heterocycles. The molecule has 0 radical (unpaired) electrons. The van der Waals surface area contributed by atoms with Crippen molar-refractivity contribution in [1.82, 2.24) is 25.1 Å². The number of hydrogen-bond donors (Lipinski definition) is 1. The van der Waals surface area contributed by atoms with Crippen LogP contribution >= 0.6 is 11.3 Å². The Kier molecular flexibility index (Phi) is 5.40. The molecule has 6 rings (SSSR count). The predicted molar refractivity (Wildman–Crippen MR) is 132 cm³/mol. The number of nitrogens with zero attached hydrogens (tertiary/aromatic N) is 5. The number of benzene rings is 1. The Balaban J connectivity index is 1.40. The second-order valence-corrected chi connectivity index (χ2v) is 11.0. The number of imide groups is 1. The number of piperidine rings is 1. The summed E-state index contributed by atoms with van der Waals surface area (Å²) in [6, 6.07) is 8.53. The van der Waals surface area contributed by atoms with E-state index in [2.05, 4.69) is 40.1 Å². The molecule has 3 fully saturated rings. The molecule has 1 N–H and O–H groups in total. The molecule has 4 heterocycles. The Morgan fingerprint density at radius 2 is 1.97 bits per heavy atom. The third-order valence-corrected chi connectivity index (χ3v) is 8.61. The molecule has 0 bridgehead atoms. The summed E-state index contributed by atoms with van der Waals surface area (Å²) in [6.07, 6.45) is 2.26. The monoisotopic (exact) mass is 486 g/mol. The van der Waals surface area contributed by atoms with Crippen molar-refractivity contribution in [3.8, 4) is 17.3 Å². The second kappa shape index (κ2) is 8.48. The van der Waals surface area contributed by atoms with Crippen molar-refractivity contribution < 1.29 is 9.59 Å². The Bertz CT molecular complexity index is 1390. The topological polar surface area (TPSA) is 102 Å². The number of carbonyl (C=O) groups is 2. The third kappa shape index (κ3) is 3.82. The standard InChI is InChI=1S/C26H26N6O2S/c1-14-5-16(9-27)6-18(21(14)12-31-4-3-28-10-15(31)2)23-24-22(29-13-30-23)7-17(35-24)11-32-25(33)19-8-20(19)26(32)34/h5-7,13,15,19-20,28H,3-4,8,10-12H2,1-2H3.